The predicted molar refractivity (Wildman–Crippen MR) is 81.9 cm³/mol. The molecule has 0 bridgehead atoms. The Labute approximate surface area is 117 Å². The first kappa shape index (κ1) is 15.7. The molecule has 0 spiro atoms. The molecule has 1 N–H and O–H groups in total. The summed E-state index contributed by atoms with van der Waals surface area (Å²) < 4.78 is 0. The lowest BCUT2D eigenvalue weighted by Gasteiger charge is -2.21. The number of likely N-dealkylation sites (N-methyl/N-ethyl adjacent to an activating group) is 1. The first-order valence-electron chi connectivity index (χ1n) is 7.14. The number of hydrogen-bond acceptors (Lipinski definition) is 5. The summed E-state index contributed by atoms with van der Waals surface area (Å²) >= 11 is 0. The van der Waals surface area contributed by atoms with Gasteiger partial charge in [-0.1, -0.05) is 13.8 Å². The van der Waals surface area contributed by atoms with Crippen LogP contribution in [0.25, 0.3) is 0 Å². The van der Waals surface area contributed by atoms with Crippen LogP contribution in [0.15, 0.2) is 12.3 Å². The van der Waals surface area contributed by atoms with E-state index in [1.165, 1.54) is 0 Å². The second-order valence-electron chi connectivity index (χ2n) is 4.96. The fourth-order valence-corrected chi connectivity index (χ4v) is 1.86. The van der Waals surface area contributed by atoms with E-state index in [1.807, 2.05) is 12.3 Å². The molecule has 1 aromatic heterocycles. The maximum atomic E-state index is 4.59. The molecule has 0 saturated heterocycles. The molecule has 0 unspecified atom stereocenters. The van der Waals surface area contributed by atoms with Crippen molar-refractivity contribution in [3.63, 3.8) is 0 Å². The van der Waals surface area contributed by atoms with E-state index in [0.717, 1.165) is 50.8 Å². The number of aromatic nitrogens is 2. The standard InChI is InChI=1S/C14H27N5/c1-5-10-19(11-6-2)14-16-8-7-13(17-14)15-9-12-18(3)4/h7-8H,5-6,9-12H2,1-4H3,(H,15,16,17). The van der Waals surface area contributed by atoms with Gasteiger partial charge in [0, 0.05) is 32.4 Å². The predicted octanol–water partition coefficient (Wildman–Crippen LogP) is 2.08. The van der Waals surface area contributed by atoms with Gasteiger partial charge in [0.15, 0.2) is 0 Å². The van der Waals surface area contributed by atoms with Gasteiger partial charge >= 0.3 is 0 Å². The second kappa shape index (κ2) is 8.69. The molecule has 0 aliphatic heterocycles. The Balaban J connectivity index is 2.63. The van der Waals surface area contributed by atoms with Crippen LogP contribution in [0.5, 0.6) is 0 Å². The Bertz CT molecular complexity index is 347. The lowest BCUT2D eigenvalue weighted by Crippen LogP contribution is -2.27. The van der Waals surface area contributed by atoms with Crippen molar-refractivity contribution in [1.82, 2.24) is 14.9 Å². The number of nitrogens with zero attached hydrogens (tertiary/aromatic N) is 4. The maximum Gasteiger partial charge on any atom is 0.227 e. The Morgan fingerprint density at radius 1 is 1.11 bits per heavy atom. The van der Waals surface area contributed by atoms with Crippen molar-refractivity contribution in [3.8, 4) is 0 Å². The fraction of sp³-hybridized carbons (Fsp3) is 0.714. The van der Waals surface area contributed by atoms with E-state index >= 15 is 0 Å². The van der Waals surface area contributed by atoms with Crippen LogP contribution >= 0.6 is 0 Å². The van der Waals surface area contributed by atoms with Gasteiger partial charge < -0.3 is 15.1 Å². The smallest absolute Gasteiger partial charge is 0.227 e. The molecule has 108 valence electrons. The van der Waals surface area contributed by atoms with Gasteiger partial charge in [0.25, 0.3) is 0 Å². The molecule has 1 heterocycles. The minimum absolute atomic E-state index is 0.832. The zero-order chi connectivity index (χ0) is 14.1. The second-order valence-corrected chi connectivity index (χ2v) is 4.96. The third kappa shape index (κ3) is 5.87. The van der Waals surface area contributed by atoms with Crippen LogP contribution in [0.2, 0.25) is 0 Å². The zero-order valence-corrected chi connectivity index (χ0v) is 12.7. The van der Waals surface area contributed by atoms with E-state index in [0.29, 0.717) is 0 Å². The highest BCUT2D eigenvalue weighted by molar-refractivity contribution is 5.41. The summed E-state index contributed by atoms with van der Waals surface area (Å²) in [5.74, 6) is 1.74. The van der Waals surface area contributed by atoms with Crippen LogP contribution in [0.3, 0.4) is 0 Å². The third-order valence-corrected chi connectivity index (χ3v) is 2.78. The largest absolute Gasteiger partial charge is 0.369 e. The molecular formula is C14H27N5. The lowest BCUT2D eigenvalue weighted by atomic mass is 10.4. The highest BCUT2D eigenvalue weighted by Gasteiger charge is 2.08. The minimum Gasteiger partial charge on any atom is -0.369 e. The van der Waals surface area contributed by atoms with Crippen molar-refractivity contribution >= 4 is 11.8 Å². The summed E-state index contributed by atoms with van der Waals surface area (Å²) in [5.41, 5.74) is 0. The van der Waals surface area contributed by atoms with Gasteiger partial charge in [-0.05, 0) is 33.0 Å². The monoisotopic (exact) mass is 265 g/mol. The summed E-state index contributed by atoms with van der Waals surface area (Å²) in [4.78, 5) is 13.4. The Morgan fingerprint density at radius 3 is 2.37 bits per heavy atom. The highest BCUT2D eigenvalue weighted by atomic mass is 15.3. The number of anilines is 2. The van der Waals surface area contributed by atoms with Crippen LogP contribution < -0.4 is 10.2 Å². The fourth-order valence-electron chi connectivity index (χ4n) is 1.86. The van der Waals surface area contributed by atoms with Crippen LogP contribution in [0.1, 0.15) is 26.7 Å². The summed E-state index contributed by atoms with van der Waals surface area (Å²) in [6, 6.07) is 1.93. The molecule has 5 heteroatoms. The molecule has 0 amide bonds. The van der Waals surface area contributed by atoms with Crippen LogP contribution in [-0.2, 0) is 0 Å². The molecule has 0 saturated carbocycles. The first-order valence-corrected chi connectivity index (χ1v) is 7.14. The van der Waals surface area contributed by atoms with Crippen molar-refractivity contribution in [2.24, 2.45) is 0 Å². The normalized spacial score (nSPS) is 10.8. The molecule has 5 nitrogen and oxygen atoms in total. The molecule has 0 aliphatic rings. The van der Waals surface area contributed by atoms with Gasteiger partial charge in [0.2, 0.25) is 5.95 Å². The average Bonchev–Trinajstić information content (AvgIpc) is 2.38. The van der Waals surface area contributed by atoms with Gasteiger partial charge in [-0.25, -0.2) is 4.98 Å². The number of rotatable bonds is 9. The van der Waals surface area contributed by atoms with E-state index in [4.69, 9.17) is 0 Å². The van der Waals surface area contributed by atoms with Gasteiger partial charge in [0.1, 0.15) is 5.82 Å². The molecule has 0 radical (unpaired) electrons. The van der Waals surface area contributed by atoms with Crippen LogP contribution in [0, 0.1) is 0 Å². The van der Waals surface area contributed by atoms with Gasteiger partial charge in [0.05, 0.1) is 0 Å². The van der Waals surface area contributed by atoms with Crippen molar-refractivity contribution in [3.05, 3.63) is 12.3 Å². The average molecular weight is 265 g/mol. The van der Waals surface area contributed by atoms with E-state index in [-0.39, 0.29) is 0 Å². The quantitative estimate of drug-likeness (QED) is 0.740. The number of nitrogens with one attached hydrogen (secondary N) is 1. The molecule has 1 rings (SSSR count). The van der Waals surface area contributed by atoms with E-state index in [9.17, 15) is 0 Å². The number of hydrogen-bond donors (Lipinski definition) is 1. The van der Waals surface area contributed by atoms with Gasteiger partial charge in [-0.15, -0.1) is 0 Å². The third-order valence-electron chi connectivity index (χ3n) is 2.78. The molecule has 0 atom stereocenters. The van der Waals surface area contributed by atoms with E-state index in [1.54, 1.807) is 0 Å². The topological polar surface area (TPSA) is 44.3 Å². The molecule has 0 fully saturated rings. The van der Waals surface area contributed by atoms with Crippen molar-refractivity contribution in [1.29, 1.82) is 0 Å². The Morgan fingerprint density at radius 2 is 1.79 bits per heavy atom. The summed E-state index contributed by atoms with van der Waals surface area (Å²) in [6.45, 7) is 8.27. The van der Waals surface area contributed by atoms with Gasteiger partial charge in [-0.3, -0.25) is 0 Å². The summed E-state index contributed by atoms with van der Waals surface area (Å²) in [5, 5.41) is 3.34. The Hall–Kier alpha value is -1.36. The molecule has 19 heavy (non-hydrogen) atoms. The van der Waals surface area contributed by atoms with Crippen LogP contribution in [-0.4, -0.2) is 55.1 Å². The lowest BCUT2D eigenvalue weighted by molar-refractivity contribution is 0.425. The van der Waals surface area contributed by atoms with E-state index < -0.39 is 0 Å². The SMILES string of the molecule is CCCN(CCC)c1nccc(NCCN(C)C)n1. The molecule has 0 aliphatic carbocycles. The zero-order valence-electron chi connectivity index (χ0n) is 12.7. The van der Waals surface area contributed by atoms with Crippen LogP contribution in [0.4, 0.5) is 11.8 Å². The minimum atomic E-state index is 0.832. The Kier molecular flexibility index (Phi) is 7.18. The van der Waals surface area contributed by atoms with Crippen molar-refractivity contribution in [2.75, 3.05) is 50.5 Å². The van der Waals surface area contributed by atoms with Gasteiger partial charge in [-0.2, -0.15) is 4.98 Å². The highest BCUT2D eigenvalue weighted by Crippen LogP contribution is 2.11. The maximum absolute atomic E-state index is 4.59. The summed E-state index contributed by atoms with van der Waals surface area (Å²) in [7, 11) is 4.13. The first-order chi connectivity index (χ1) is 9.17. The van der Waals surface area contributed by atoms with Crippen molar-refractivity contribution in [2.45, 2.75) is 26.7 Å². The molecule has 1 aromatic rings. The molecular weight excluding hydrogens is 238 g/mol. The van der Waals surface area contributed by atoms with Crippen molar-refractivity contribution < 1.29 is 0 Å². The summed E-state index contributed by atoms with van der Waals surface area (Å²) in [6.07, 6.45) is 4.06. The molecule has 0 aromatic carbocycles. The van der Waals surface area contributed by atoms with E-state index in [2.05, 4.69) is 53.0 Å².